The summed E-state index contributed by atoms with van der Waals surface area (Å²) in [5.74, 6) is -0.447. The lowest BCUT2D eigenvalue weighted by Crippen LogP contribution is -2.44. The molecule has 7 N–H and O–H groups in total. The van der Waals surface area contributed by atoms with Gasteiger partial charge < -0.3 is 22.5 Å². The third-order valence-electron chi connectivity index (χ3n) is 2.01. The summed E-state index contributed by atoms with van der Waals surface area (Å²) in [6, 6.07) is -0.572. The summed E-state index contributed by atoms with van der Waals surface area (Å²) in [6.07, 6.45) is 1.05. The number of nitrogens with zero attached hydrogens (tertiary/aromatic N) is 1. The third-order valence-corrected chi connectivity index (χ3v) is 2.32. The Morgan fingerprint density at radius 3 is 2.47 bits per heavy atom. The van der Waals surface area contributed by atoms with Gasteiger partial charge in [0.2, 0.25) is 5.91 Å². The molecule has 0 heterocycles. The van der Waals surface area contributed by atoms with Crippen LogP contribution in [0.3, 0.4) is 0 Å². The zero-order valence-electron chi connectivity index (χ0n) is 9.56. The molecule has 0 radical (unpaired) electrons. The van der Waals surface area contributed by atoms with E-state index in [1.807, 2.05) is 0 Å². The van der Waals surface area contributed by atoms with E-state index in [0.29, 0.717) is 19.4 Å². The molecule has 8 heteroatoms. The van der Waals surface area contributed by atoms with Gasteiger partial charge in [-0.2, -0.15) is 12.6 Å². The standard InChI is InChI=1S/C9H19N5O2S/c10-4-8(16)14-6(7(15)5-17)2-1-3-13-9(11)12/h6,17H,1-5,10H2,(H,14,16)(H4,11,12,13)/t6-/m0/s1. The number of nitrogens with one attached hydrogen (secondary N) is 1. The van der Waals surface area contributed by atoms with Gasteiger partial charge in [0.1, 0.15) is 0 Å². The SMILES string of the molecule is NCC(=O)N[C@@H](CCCN=C(N)N)C(=O)CS. The molecule has 0 aliphatic carbocycles. The Morgan fingerprint density at radius 2 is 2.00 bits per heavy atom. The van der Waals surface area contributed by atoms with E-state index in [2.05, 4.69) is 22.9 Å². The normalized spacial score (nSPS) is 11.6. The zero-order chi connectivity index (χ0) is 13.3. The van der Waals surface area contributed by atoms with Crippen LogP contribution < -0.4 is 22.5 Å². The van der Waals surface area contributed by atoms with Gasteiger partial charge in [-0.25, -0.2) is 0 Å². The Labute approximate surface area is 106 Å². The van der Waals surface area contributed by atoms with E-state index in [-0.39, 0.29) is 29.9 Å². The maximum atomic E-state index is 11.5. The van der Waals surface area contributed by atoms with Crippen molar-refractivity contribution in [2.75, 3.05) is 18.8 Å². The van der Waals surface area contributed by atoms with E-state index in [0.717, 1.165) is 0 Å². The second-order valence-corrected chi connectivity index (χ2v) is 3.71. The number of aliphatic imine (C=N–C) groups is 1. The highest BCUT2D eigenvalue weighted by Crippen LogP contribution is 2.01. The van der Waals surface area contributed by atoms with Crippen LogP contribution in [0.25, 0.3) is 0 Å². The van der Waals surface area contributed by atoms with E-state index in [9.17, 15) is 9.59 Å². The molecule has 7 nitrogen and oxygen atoms in total. The number of carbonyl (C=O) groups excluding carboxylic acids is 2. The lowest BCUT2D eigenvalue weighted by molar-refractivity contribution is -0.126. The van der Waals surface area contributed by atoms with Crippen molar-refractivity contribution < 1.29 is 9.59 Å². The molecule has 0 aromatic heterocycles. The quantitative estimate of drug-likeness (QED) is 0.149. The van der Waals surface area contributed by atoms with Gasteiger partial charge in [0.25, 0.3) is 0 Å². The van der Waals surface area contributed by atoms with Crippen LogP contribution in [0.15, 0.2) is 4.99 Å². The van der Waals surface area contributed by atoms with E-state index >= 15 is 0 Å². The Bertz CT molecular complexity index is 291. The van der Waals surface area contributed by atoms with Crippen molar-refractivity contribution in [1.29, 1.82) is 0 Å². The Kier molecular flexibility index (Phi) is 8.16. The molecule has 0 rings (SSSR count). The van der Waals surface area contributed by atoms with E-state index in [4.69, 9.17) is 17.2 Å². The molecule has 0 spiro atoms. The van der Waals surface area contributed by atoms with Crippen LogP contribution in [0.2, 0.25) is 0 Å². The van der Waals surface area contributed by atoms with Gasteiger partial charge in [-0.15, -0.1) is 0 Å². The summed E-state index contributed by atoms with van der Waals surface area (Å²) in [4.78, 5) is 26.4. The topological polar surface area (TPSA) is 137 Å². The van der Waals surface area contributed by atoms with Crippen LogP contribution in [0.5, 0.6) is 0 Å². The number of rotatable bonds is 8. The highest BCUT2D eigenvalue weighted by molar-refractivity contribution is 7.81. The first-order valence-corrected chi connectivity index (χ1v) is 5.83. The molecule has 0 saturated carbocycles. The number of carbonyl (C=O) groups is 2. The number of amides is 1. The Balaban J connectivity index is 4.16. The van der Waals surface area contributed by atoms with Gasteiger partial charge >= 0.3 is 0 Å². The van der Waals surface area contributed by atoms with Crippen molar-refractivity contribution in [2.24, 2.45) is 22.2 Å². The number of ketones is 1. The fourth-order valence-electron chi connectivity index (χ4n) is 1.18. The molecule has 0 aliphatic rings. The van der Waals surface area contributed by atoms with Crippen molar-refractivity contribution in [3.63, 3.8) is 0 Å². The average Bonchev–Trinajstić information content (AvgIpc) is 2.31. The van der Waals surface area contributed by atoms with Gasteiger partial charge in [-0.3, -0.25) is 14.6 Å². The molecule has 0 aromatic rings. The minimum atomic E-state index is -0.572. The van der Waals surface area contributed by atoms with Crippen molar-refractivity contribution in [1.82, 2.24) is 5.32 Å². The lowest BCUT2D eigenvalue weighted by atomic mass is 10.1. The van der Waals surface area contributed by atoms with Crippen LogP contribution in [0.1, 0.15) is 12.8 Å². The van der Waals surface area contributed by atoms with Crippen LogP contribution in [-0.4, -0.2) is 42.5 Å². The molecular weight excluding hydrogens is 242 g/mol. The summed E-state index contributed by atoms with van der Waals surface area (Å²) < 4.78 is 0. The maximum Gasteiger partial charge on any atom is 0.234 e. The molecule has 0 aromatic carbocycles. The monoisotopic (exact) mass is 261 g/mol. The number of nitrogens with two attached hydrogens (primary N) is 3. The molecule has 98 valence electrons. The molecule has 1 amide bonds. The van der Waals surface area contributed by atoms with Gasteiger partial charge in [-0.05, 0) is 12.8 Å². The molecule has 0 saturated heterocycles. The van der Waals surface area contributed by atoms with Crippen LogP contribution in [0, 0.1) is 0 Å². The van der Waals surface area contributed by atoms with Gasteiger partial charge in [0, 0.05) is 6.54 Å². The Hall–Kier alpha value is -1.28. The summed E-state index contributed by atoms with van der Waals surface area (Å²) in [5, 5.41) is 2.53. The van der Waals surface area contributed by atoms with Crippen LogP contribution in [0.4, 0.5) is 0 Å². The number of Topliss-reactive ketones (excluding diaryl/α,β-unsaturated/α-hetero) is 1. The fourth-order valence-corrected chi connectivity index (χ4v) is 1.40. The minimum Gasteiger partial charge on any atom is -0.370 e. The summed E-state index contributed by atoms with van der Waals surface area (Å²) in [5.41, 5.74) is 15.5. The molecule has 0 bridgehead atoms. The zero-order valence-corrected chi connectivity index (χ0v) is 10.5. The number of hydrogen-bond donors (Lipinski definition) is 5. The third kappa shape index (κ3) is 7.58. The molecule has 0 aliphatic heterocycles. The summed E-state index contributed by atoms with van der Waals surface area (Å²) in [6.45, 7) is 0.265. The number of guanidine groups is 1. The van der Waals surface area contributed by atoms with Crippen molar-refractivity contribution >= 4 is 30.3 Å². The molecule has 17 heavy (non-hydrogen) atoms. The second-order valence-electron chi connectivity index (χ2n) is 3.40. The number of hydrogen-bond acceptors (Lipinski definition) is 5. The van der Waals surface area contributed by atoms with Gasteiger partial charge in [0.15, 0.2) is 11.7 Å². The maximum absolute atomic E-state index is 11.5. The fraction of sp³-hybridized carbons (Fsp3) is 0.667. The smallest absolute Gasteiger partial charge is 0.234 e. The number of thiol groups is 1. The van der Waals surface area contributed by atoms with E-state index in [1.165, 1.54) is 0 Å². The van der Waals surface area contributed by atoms with Crippen molar-refractivity contribution in [3.05, 3.63) is 0 Å². The highest BCUT2D eigenvalue weighted by Gasteiger charge is 2.18. The molecule has 0 fully saturated rings. The first-order valence-electron chi connectivity index (χ1n) is 5.19. The predicted molar refractivity (Wildman–Crippen MR) is 69.8 cm³/mol. The summed E-state index contributed by atoms with van der Waals surface area (Å²) >= 11 is 3.88. The predicted octanol–water partition coefficient (Wildman–Crippen LogP) is -2.02. The minimum absolute atomic E-state index is 0.00747. The summed E-state index contributed by atoms with van der Waals surface area (Å²) in [7, 11) is 0. The van der Waals surface area contributed by atoms with Crippen LogP contribution in [-0.2, 0) is 9.59 Å². The molecule has 0 unspecified atom stereocenters. The second kappa shape index (κ2) is 8.82. The first kappa shape index (κ1) is 15.7. The first-order chi connectivity index (χ1) is 8.01. The highest BCUT2D eigenvalue weighted by atomic mass is 32.1. The van der Waals surface area contributed by atoms with Crippen molar-refractivity contribution in [2.45, 2.75) is 18.9 Å². The van der Waals surface area contributed by atoms with E-state index in [1.54, 1.807) is 0 Å². The lowest BCUT2D eigenvalue weighted by Gasteiger charge is -2.15. The largest absolute Gasteiger partial charge is 0.370 e. The van der Waals surface area contributed by atoms with Gasteiger partial charge in [-0.1, -0.05) is 0 Å². The molecule has 1 atom stereocenters. The average molecular weight is 261 g/mol. The Morgan fingerprint density at radius 1 is 1.35 bits per heavy atom. The van der Waals surface area contributed by atoms with Crippen molar-refractivity contribution in [3.8, 4) is 0 Å². The van der Waals surface area contributed by atoms with Crippen LogP contribution >= 0.6 is 12.6 Å². The van der Waals surface area contributed by atoms with E-state index < -0.39 is 6.04 Å². The van der Waals surface area contributed by atoms with Gasteiger partial charge in [0.05, 0.1) is 18.3 Å². The molecular formula is C9H19N5O2S.